The van der Waals surface area contributed by atoms with Crippen molar-refractivity contribution in [3.05, 3.63) is 0 Å². The maximum absolute atomic E-state index is 13.5. The van der Waals surface area contributed by atoms with Gasteiger partial charge in [0.1, 0.15) is 79.0 Å². The van der Waals surface area contributed by atoms with E-state index in [-0.39, 0.29) is 32.4 Å². The number of nitrogens with two attached hydrogens (primary N) is 1. The highest BCUT2D eigenvalue weighted by molar-refractivity contribution is 5.92. The van der Waals surface area contributed by atoms with Crippen LogP contribution in [0.2, 0.25) is 0 Å². The summed E-state index contributed by atoms with van der Waals surface area (Å²) in [7, 11) is 0. The molecule has 9 amide bonds. The molecule has 74 heavy (non-hydrogen) atoms. The van der Waals surface area contributed by atoms with Gasteiger partial charge in [0.05, 0.1) is 32.8 Å². The van der Waals surface area contributed by atoms with Gasteiger partial charge >= 0.3 is 11.9 Å². The number of hydrogen-bond donors (Lipinski definition) is 17. The summed E-state index contributed by atoms with van der Waals surface area (Å²) in [6.45, 7) is 2.82. The Morgan fingerprint density at radius 1 is 0.595 bits per heavy atom. The van der Waals surface area contributed by atoms with Gasteiger partial charge in [-0.2, -0.15) is 0 Å². The number of aliphatic hydroxyl groups is 5. The van der Waals surface area contributed by atoms with Crippen molar-refractivity contribution in [1.29, 1.82) is 0 Å². The van der Waals surface area contributed by atoms with E-state index in [1.807, 2.05) is 0 Å². The number of carboxylic acids is 2. The summed E-state index contributed by atoms with van der Waals surface area (Å²) < 4.78 is 23.1. The standard InChI is InChI=1S/C42H70N10O22/c1-17(47-37(64)19(3)71-35-31(50-21(5)56)41(70)72-25(16-54)34(35)74-42-30(49-20(4)55)33(62)32(61)24(15-53)73-42)36(63)52-23(40(68)69)9-10-26(57)51-22(38(65)48-18(2)39(66)67)8-6-7-11-44-28(59)13-46-29(60)14-45-27(58)12-43/h17-19,22-25,30-35,41-42,53-54,61-62,70H,6-16,43H2,1-5H3,(H,44,59)(H,45,58)(H,46,60)(H,47,64)(H,48,65)(H,49,55)(H,50,56)(H,51,57)(H,52,63)(H,66,67)(H,68,69). The SMILES string of the molecule is CC(=O)NC1C(OC2C(CO)OC(O)C(NC(C)=O)C2OC(C)C(=O)NC(C)C(=O)NC(CCC(=O)NC(CCCCNC(=O)CNC(=O)CNC(=O)CN)C(=O)NC(C)C(=O)O)C(=O)O)OC(CO)C(O)C1O. The van der Waals surface area contributed by atoms with Crippen LogP contribution in [0.15, 0.2) is 0 Å². The molecular weight excluding hydrogens is 997 g/mol. The summed E-state index contributed by atoms with van der Waals surface area (Å²) in [5.74, 6) is -10.1. The van der Waals surface area contributed by atoms with E-state index < -0.39 is 196 Å². The van der Waals surface area contributed by atoms with Crippen molar-refractivity contribution in [2.45, 2.75) is 158 Å². The monoisotopic (exact) mass is 1070 g/mol. The average Bonchev–Trinajstić information content (AvgIpc) is 3.33. The van der Waals surface area contributed by atoms with Crippen molar-refractivity contribution >= 4 is 65.1 Å². The molecular formula is C42H70N10O22. The molecule has 2 saturated heterocycles. The van der Waals surface area contributed by atoms with Crippen LogP contribution >= 0.6 is 0 Å². The first-order chi connectivity index (χ1) is 34.7. The Labute approximate surface area is 423 Å². The van der Waals surface area contributed by atoms with Crippen LogP contribution in [0, 0.1) is 0 Å². The lowest BCUT2D eigenvalue weighted by atomic mass is 9.94. The van der Waals surface area contributed by atoms with Crippen molar-refractivity contribution in [3.63, 3.8) is 0 Å². The molecule has 420 valence electrons. The summed E-state index contributed by atoms with van der Waals surface area (Å²) in [6.07, 6.45) is -15.9. The Morgan fingerprint density at radius 3 is 1.74 bits per heavy atom. The van der Waals surface area contributed by atoms with Gasteiger partial charge in [0.2, 0.25) is 53.2 Å². The topological polar surface area (TPSA) is 501 Å². The zero-order valence-corrected chi connectivity index (χ0v) is 41.3. The summed E-state index contributed by atoms with van der Waals surface area (Å²) in [6, 6.07) is -9.05. The third-order valence-corrected chi connectivity index (χ3v) is 11.2. The van der Waals surface area contributed by atoms with Crippen LogP contribution in [0.25, 0.3) is 0 Å². The van der Waals surface area contributed by atoms with Gasteiger partial charge < -0.3 is 108 Å². The van der Waals surface area contributed by atoms with E-state index in [1.165, 1.54) is 13.8 Å². The van der Waals surface area contributed by atoms with Gasteiger partial charge in [-0.05, 0) is 46.5 Å². The minimum Gasteiger partial charge on any atom is -0.480 e. The highest BCUT2D eigenvalue weighted by Crippen LogP contribution is 2.31. The Kier molecular flexibility index (Phi) is 27.2. The van der Waals surface area contributed by atoms with E-state index in [0.717, 1.165) is 20.8 Å². The van der Waals surface area contributed by atoms with Gasteiger partial charge in [0.25, 0.3) is 0 Å². The molecule has 32 heteroatoms. The molecule has 2 aliphatic rings. The van der Waals surface area contributed by atoms with E-state index in [9.17, 15) is 88.5 Å². The summed E-state index contributed by atoms with van der Waals surface area (Å²) in [5, 5.41) is 92.4. The fraction of sp³-hybridized carbons (Fsp3) is 0.738. The lowest BCUT2D eigenvalue weighted by Crippen LogP contribution is -2.70. The van der Waals surface area contributed by atoms with Crippen molar-refractivity contribution < 1.29 is 107 Å². The second-order valence-electron chi connectivity index (χ2n) is 17.2. The second kappa shape index (κ2) is 31.5. The van der Waals surface area contributed by atoms with E-state index in [1.54, 1.807) is 0 Å². The van der Waals surface area contributed by atoms with E-state index >= 15 is 0 Å². The molecule has 0 saturated carbocycles. The fourth-order valence-corrected chi connectivity index (χ4v) is 7.21. The van der Waals surface area contributed by atoms with Crippen LogP contribution in [-0.2, 0) is 71.7 Å². The number of ether oxygens (including phenoxy) is 4. The molecule has 2 fully saturated rings. The van der Waals surface area contributed by atoms with Gasteiger partial charge in [-0.1, -0.05) is 0 Å². The first-order valence-electron chi connectivity index (χ1n) is 23.3. The molecule has 0 aromatic heterocycles. The van der Waals surface area contributed by atoms with Gasteiger partial charge in [0.15, 0.2) is 12.6 Å². The molecule has 2 heterocycles. The van der Waals surface area contributed by atoms with E-state index in [0.29, 0.717) is 0 Å². The third kappa shape index (κ3) is 20.9. The first-order valence-corrected chi connectivity index (χ1v) is 23.3. The van der Waals surface area contributed by atoms with Crippen LogP contribution < -0.4 is 53.6 Å². The molecule has 18 N–H and O–H groups in total. The van der Waals surface area contributed by atoms with Gasteiger partial charge in [-0.3, -0.25) is 47.9 Å². The molecule has 0 spiro atoms. The molecule has 0 aromatic carbocycles. The number of rotatable bonds is 30. The molecule has 32 nitrogen and oxygen atoms in total. The highest BCUT2D eigenvalue weighted by atomic mass is 16.7. The van der Waals surface area contributed by atoms with Crippen molar-refractivity contribution in [2.75, 3.05) is 39.4 Å². The third-order valence-electron chi connectivity index (χ3n) is 11.2. The molecule has 0 radical (unpaired) electrons. The Morgan fingerprint density at radius 2 is 1.18 bits per heavy atom. The van der Waals surface area contributed by atoms with Crippen LogP contribution in [-0.4, -0.2) is 232 Å². The van der Waals surface area contributed by atoms with Crippen LogP contribution in [0.4, 0.5) is 0 Å². The van der Waals surface area contributed by atoms with Gasteiger partial charge in [0, 0.05) is 26.8 Å². The lowest BCUT2D eigenvalue weighted by molar-refractivity contribution is -0.333. The predicted octanol–water partition coefficient (Wildman–Crippen LogP) is -9.29. The first kappa shape index (κ1) is 63.9. The summed E-state index contributed by atoms with van der Waals surface area (Å²) >= 11 is 0. The highest BCUT2D eigenvalue weighted by Gasteiger charge is 2.53. The van der Waals surface area contributed by atoms with Crippen LogP contribution in [0.3, 0.4) is 0 Å². The van der Waals surface area contributed by atoms with E-state index in [4.69, 9.17) is 24.7 Å². The number of amides is 9. The number of hydrogen-bond acceptors (Lipinski definition) is 21. The van der Waals surface area contributed by atoms with Gasteiger partial charge in [-0.25, -0.2) is 4.79 Å². The minimum atomic E-state index is -1.91. The Balaban J connectivity index is 2.12. The maximum atomic E-state index is 13.5. The van der Waals surface area contributed by atoms with Crippen LogP contribution in [0.5, 0.6) is 0 Å². The number of aliphatic carboxylic acids is 2. The second-order valence-corrected chi connectivity index (χ2v) is 17.2. The van der Waals surface area contributed by atoms with Gasteiger partial charge in [-0.15, -0.1) is 0 Å². The molecule has 2 aliphatic heterocycles. The molecule has 0 aromatic rings. The molecule has 2 rings (SSSR count). The lowest BCUT2D eigenvalue weighted by Gasteiger charge is -2.48. The zero-order chi connectivity index (χ0) is 56.0. The average molecular weight is 1070 g/mol. The predicted molar refractivity (Wildman–Crippen MR) is 246 cm³/mol. The number of unbranched alkanes of at least 4 members (excludes halogenated alkanes) is 1. The van der Waals surface area contributed by atoms with Crippen molar-refractivity contribution in [2.24, 2.45) is 5.73 Å². The number of carboxylic acid groups (broad SMARTS) is 2. The normalized spacial score (nSPS) is 25.4. The summed E-state index contributed by atoms with van der Waals surface area (Å²) in [4.78, 5) is 136. The summed E-state index contributed by atoms with van der Waals surface area (Å²) in [5.41, 5.74) is 5.14. The minimum absolute atomic E-state index is 0.0576. The Bertz CT molecular complexity index is 1970. The number of nitrogens with one attached hydrogen (secondary N) is 9. The molecule has 15 atom stereocenters. The smallest absolute Gasteiger partial charge is 0.326 e. The zero-order valence-electron chi connectivity index (χ0n) is 41.3. The number of carbonyl (C=O) groups is 11. The largest absolute Gasteiger partial charge is 0.480 e. The Hall–Kier alpha value is -6.23. The molecule has 0 aliphatic carbocycles. The molecule has 0 bridgehead atoms. The van der Waals surface area contributed by atoms with Crippen molar-refractivity contribution in [1.82, 2.24) is 47.9 Å². The number of aliphatic hydroxyl groups excluding tert-OH is 5. The number of carbonyl (C=O) groups excluding carboxylic acids is 9. The quantitative estimate of drug-likeness (QED) is 0.0297. The maximum Gasteiger partial charge on any atom is 0.326 e. The van der Waals surface area contributed by atoms with E-state index in [2.05, 4.69) is 47.9 Å². The molecule has 15 unspecified atom stereocenters. The van der Waals surface area contributed by atoms with Crippen LogP contribution in [0.1, 0.15) is 66.7 Å². The van der Waals surface area contributed by atoms with Crippen molar-refractivity contribution in [3.8, 4) is 0 Å². The fourth-order valence-electron chi connectivity index (χ4n) is 7.21.